The minimum absolute atomic E-state index is 0.0822. The van der Waals surface area contributed by atoms with Gasteiger partial charge in [-0.25, -0.2) is 4.79 Å². The quantitative estimate of drug-likeness (QED) is 0.791. The summed E-state index contributed by atoms with van der Waals surface area (Å²) >= 11 is 0. The van der Waals surface area contributed by atoms with Crippen LogP contribution in [0.15, 0.2) is 45.6 Å². The number of nitrogens with zero attached hydrogens (tertiary/aromatic N) is 1. The number of aliphatic hydroxyl groups excluding tert-OH is 1. The summed E-state index contributed by atoms with van der Waals surface area (Å²) in [4.78, 5) is 27.6. The van der Waals surface area contributed by atoms with Gasteiger partial charge < -0.3 is 14.4 Å². The summed E-state index contributed by atoms with van der Waals surface area (Å²) in [6.07, 6.45) is 3.35. The molecule has 160 valence electrons. The van der Waals surface area contributed by atoms with Crippen LogP contribution in [-0.4, -0.2) is 35.6 Å². The van der Waals surface area contributed by atoms with E-state index in [9.17, 15) is 14.7 Å². The minimum atomic E-state index is -0.550. The molecule has 5 heteroatoms. The standard InChI is InChI=1S/C25H31NO4/c1-17-12-19(11-7-10-18-8-5-4-6-9-18)30-23(29)21(17)22(28)26-13-20-24(2,3)14-25(20,15-26)16-27/h4-6,8-9,12,20,27H,7,10-11,13-16H2,1-3H3/t20-,25-/m1/s1. The molecule has 1 aromatic heterocycles. The van der Waals surface area contributed by atoms with Gasteiger partial charge in [-0.1, -0.05) is 44.2 Å². The zero-order valence-corrected chi connectivity index (χ0v) is 18.1. The second kappa shape index (κ2) is 7.69. The normalized spacial score (nSPS) is 24.4. The van der Waals surface area contributed by atoms with Gasteiger partial charge in [0.15, 0.2) is 0 Å². The van der Waals surface area contributed by atoms with Crippen LogP contribution in [0.1, 0.15) is 53.9 Å². The van der Waals surface area contributed by atoms with Gasteiger partial charge in [-0.2, -0.15) is 0 Å². The molecular formula is C25H31NO4. The molecule has 1 aromatic carbocycles. The van der Waals surface area contributed by atoms with E-state index in [0.29, 0.717) is 30.8 Å². The van der Waals surface area contributed by atoms with E-state index in [2.05, 4.69) is 26.0 Å². The van der Waals surface area contributed by atoms with Crippen LogP contribution in [0.4, 0.5) is 0 Å². The first-order valence-electron chi connectivity index (χ1n) is 10.8. The number of benzene rings is 1. The molecule has 0 bridgehead atoms. The molecule has 1 aliphatic heterocycles. The van der Waals surface area contributed by atoms with Crippen molar-refractivity contribution in [1.82, 2.24) is 4.90 Å². The van der Waals surface area contributed by atoms with Gasteiger partial charge in [0.25, 0.3) is 5.91 Å². The Morgan fingerprint density at radius 1 is 1.23 bits per heavy atom. The fraction of sp³-hybridized carbons (Fsp3) is 0.520. The van der Waals surface area contributed by atoms with Crippen molar-refractivity contribution in [2.75, 3.05) is 19.7 Å². The molecule has 1 saturated carbocycles. The van der Waals surface area contributed by atoms with Crippen molar-refractivity contribution in [2.24, 2.45) is 16.7 Å². The third-order valence-electron chi connectivity index (χ3n) is 7.15. The first kappa shape index (κ1) is 20.9. The summed E-state index contributed by atoms with van der Waals surface area (Å²) in [6.45, 7) is 7.35. The zero-order chi connectivity index (χ0) is 21.5. The number of rotatable bonds is 6. The van der Waals surface area contributed by atoms with Crippen LogP contribution >= 0.6 is 0 Å². The van der Waals surface area contributed by atoms with Crippen LogP contribution in [0.2, 0.25) is 0 Å². The van der Waals surface area contributed by atoms with Gasteiger partial charge in [-0.3, -0.25) is 4.79 Å². The van der Waals surface area contributed by atoms with E-state index in [1.54, 1.807) is 11.8 Å². The second-order valence-corrected chi connectivity index (χ2v) is 9.82. The highest BCUT2D eigenvalue weighted by molar-refractivity contribution is 5.95. The van der Waals surface area contributed by atoms with E-state index < -0.39 is 5.63 Å². The number of fused-ring (bicyclic) bond motifs is 1. The van der Waals surface area contributed by atoms with Crippen LogP contribution in [0, 0.1) is 23.7 Å². The summed E-state index contributed by atoms with van der Waals surface area (Å²) in [5.74, 6) is 0.623. The van der Waals surface area contributed by atoms with Crippen molar-refractivity contribution in [3.05, 3.63) is 69.3 Å². The van der Waals surface area contributed by atoms with Gasteiger partial charge in [-0.05, 0) is 54.7 Å². The number of likely N-dealkylation sites (tertiary alicyclic amines) is 1. The molecule has 2 fully saturated rings. The molecule has 2 aromatic rings. The highest BCUT2D eigenvalue weighted by atomic mass is 16.4. The molecule has 5 nitrogen and oxygen atoms in total. The lowest BCUT2D eigenvalue weighted by molar-refractivity contribution is -0.0977. The Bertz CT molecular complexity index is 994. The van der Waals surface area contributed by atoms with E-state index in [0.717, 1.165) is 19.3 Å². The third kappa shape index (κ3) is 3.60. The fourth-order valence-electron chi connectivity index (χ4n) is 5.82. The SMILES string of the molecule is Cc1cc(CCCc2ccccc2)oc(=O)c1C(=O)N1C[C@@H]2C(C)(C)C[C@]2(CO)C1. The molecule has 1 N–H and O–H groups in total. The zero-order valence-electron chi connectivity index (χ0n) is 18.1. The molecule has 30 heavy (non-hydrogen) atoms. The number of carbonyl (C=O) groups excluding carboxylic acids is 1. The average Bonchev–Trinajstić information content (AvgIpc) is 3.03. The first-order chi connectivity index (χ1) is 14.3. The van der Waals surface area contributed by atoms with Crippen LogP contribution in [0.25, 0.3) is 0 Å². The molecule has 4 rings (SSSR count). The van der Waals surface area contributed by atoms with Crippen molar-refractivity contribution in [3.8, 4) is 0 Å². The maximum atomic E-state index is 13.2. The van der Waals surface area contributed by atoms with Crippen molar-refractivity contribution in [1.29, 1.82) is 0 Å². The Morgan fingerprint density at radius 3 is 2.57 bits per heavy atom. The maximum Gasteiger partial charge on any atom is 0.349 e. The lowest BCUT2D eigenvalue weighted by Crippen LogP contribution is -2.54. The molecular weight excluding hydrogens is 378 g/mol. The van der Waals surface area contributed by atoms with Gasteiger partial charge in [0.2, 0.25) is 0 Å². The van der Waals surface area contributed by atoms with Gasteiger partial charge >= 0.3 is 5.63 Å². The summed E-state index contributed by atoms with van der Waals surface area (Å²) in [5.41, 5.74) is 1.40. The molecule has 2 heterocycles. The first-order valence-corrected chi connectivity index (χ1v) is 10.8. The summed E-state index contributed by atoms with van der Waals surface area (Å²) in [7, 11) is 0. The predicted octanol–water partition coefficient (Wildman–Crippen LogP) is 3.60. The summed E-state index contributed by atoms with van der Waals surface area (Å²) in [6, 6.07) is 12.0. The molecule has 2 atom stereocenters. The molecule has 0 unspecified atom stereocenters. The highest BCUT2D eigenvalue weighted by Gasteiger charge is 2.63. The number of hydrogen-bond acceptors (Lipinski definition) is 4. The van der Waals surface area contributed by atoms with Crippen molar-refractivity contribution in [3.63, 3.8) is 0 Å². The Hall–Kier alpha value is -2.40. The van der Waals surface area contributed by atoms with E-state index in [1.807, 2.05) is 24.3 Å². The van der Waals surface area contributed by atoms with Crippen molar-refractivity contribution >= 4 is 5.91 Å². The minimum Gasteiger partial charge on any atom is -0.427 e. The Labute approximate surface area is 177 Å². The van der Waals surface area contributed by atoms with Gasteiger partial charge in [0, 0.05) is 24.9 Å². The molecule has 1 amide bonds. The van der Waals surface area contributed by atoms with Crippen LogP contribution in [-0.2, 0) is 12.8 Å². The highest BCUT2D eigenvalue weighted by Crippen LogP contribution is 2.62. The van der Waals surface area contributed by atoms with Crippen LogP contribution in [0.5, 0.6) is 0 Å². The smallest absolute Gasteiger partial charge is 0.349 e. The molecule has 0 radical (unpaired) electrons. The van der Waals surface area contributed by atoms with Crippen molar-refractivity contribution in [2.45, 2.75) is 46.5 Å². The third-order valence-corrected chi connectivity index (χ3v) is 7.15. The van der Waals surface area contributed by atoms with E-state index in [1.165, 1.54) is 5.56 Å². The largest absolute Gasteiger partial charge is 0.427 e. The van der Waals surface area contributed by atoms with Crippen LogP contribution in [0.3, 0.4) is 0 Å². The Kier molecular flexibility index (Phi) is 5.35. The molecule has 1 aliphatic carbocycles. The number of aliphatic hydroxyl groups is 1. The molecule has 1 saturated heterocycles. The monoisotopic (exact) mass is 409 g/mol. The van der Waals surface area contributed by atoms with Gasteiger partial charge in [0.05, 0.1) is 6.61 Å². The summed E-state index contributed by atoms with van der Waals surface area (Å²) in [5, 5.41) is 9.94. The Morgan fingerprint density at radius 2 is 1.97 bits per heavy atom. The lowest BCUT2D eigenvalue weighted by Gasteiger charge is -2.55. The Balaban J connectivity index is 1.46. The van der Waals surface area contributed by atoms with E-state index >= 15 is 0 Å². The number of hydrogen-bond donors (Lipinski definition) is 1. The number of amides is 1. The number of carbonyl (C=O) groups is 1. The topological polar surface area (TPSA) is 70.8 Å². The average molecular weight is 410 g/mol. The van der Waals surface area contributed by atoms with Gasteiger partial charge in [0.1, 0.15) is 11.3 Å². The summed E-state index contributed by atoms with van der Waals surface area (Å²) < 4.78 is 5.52. The molecule has 2 aliphatic rings. The molecule has 0 spiro atoms. The van der Waals surface area contributed by atoms with Crippen LogP contribution < -0.4 is 5.63 Å². The fourth-order valence-corrected chi connectivity index (χ4v) is 5.82. The van der Waals surface area contributed by atoms with E-state index in [-0.39, 0.29) is 34.8 Å². The van der Waals surface area contributed by atoms with E-state index in [4.69, 9.17) is 4.42 Å². The maximum absolute atomic E-state index is 13.2. The predicted molar refractivity (Wildman–Crippen MR) is 115 cm³/mol. The van der Waals surface area contributed by atoms with Gasteiger partial charge in [-0.15, -0.1) is 0 Å². The second-order valence-electron chi connectivity index (χ2n) is 9.82. The van der Waals surface area contributed by atoms with Crippen molar-refractivity contribution < 1.29 is 14.3 Å². The lowest BCUT2D eigenvalue weighted by atomic mass is 9.48. The number of aryl methyl sites for hydroxylation is 3.